The van der Waals surface area contributed by atoms with Gasteiger partial charge in [-0.05, 0) is 74.5 Å². The van der Waals surface area contributed by atoms with Crippen LogP contribution in [0.25, 0.3) is 11.3 Å². The number of hydrogen-bond donors (Lipinski definition) is 0. The first-order valence-corrected chi connectivity index (χ1v) is 11.2. The molecule has 0 bridgehead atoms. The van der Waals surface area contributed by atoms with Gasteiger partial charge in [0.25, 0.3) is 5.91 Å². The molecule has 0 N–H and O–H groups in total. The molecular formula is C25H27ClN4O3. The van der Waals surface area contributed by atoms with Crippen LogP contribution in [0.5, 0.6) is 11.5 Å². The number of amides is 1. The van der Waals surface area contributed by atoms with E-state index in [1.807, 2.05) is 41.3 Å². The predicted octanol–water partition coefficient (Wildman–Crippen LogP) is 4.31. The number of nitrogens with zero attached hydrogens (tertiary/aromatic N) is 4. The lowest BCUT2D eigenvalue weighted by Gasteiger charge is -2.38. The number of ether oxygens (including phenoxy) is 2. The molecule has 4 rings (SSSR count). The van der Waals surface area contributed by atoms with E-state index in [2.05, 4.69) is 15.1 Å². The van der Waals surface area contributed by atoms with Crippen molar-refractivity contribution in [3.8, 4) is 22.8 Å². The number of rotatable bonds is 6. The van der Waals surface area contributed by atoms with E-state index in [1.165, 1.54) is 0 Å². The summed E-state index contributed by atoms with van der Waals surface area (Å²) >= 11 is 5.93. The highest BCUT2D eigenvalue weighted by atomic mass is 35.5. The highest BCUT2D eigenvalue weighted by molar-refractivity contribution is 6.30. The smallest absolute Gasteiger partial charge is 0.266 e. The SMILES string of the molecule is COc1ccc(-c2ccc(N3CCN(C(=O)C(C)(C)Oc4ccc(Cl)cc4)CC3)nn2)cc1. The molecule has 33 heavy (non-hydrogen) atoms. The number of carbonyl (C=O) groups is 1. The van der Waals surface area contributed by atoms with Gasteiger partial charge in [0.15, 0.2) is 11.4 Å². The zero-order chi connectivity index (χ0) is 23.4. The molecule has 1 aliphatic rings. The largest absolute Gasteiger partial charge is 0.497 e. The van der Waals surface area contributed by atoms with E-state index >= 15 is 0 Å². The third-order valence-corrected chi connectivity index (χ3v) is 5.88. The van der Waals surface area contributed by atoms with Crippen LogP contribution >= 0.6 is 11.6 Å². The lowest BCUT2D eigenvalue weighted by Crippen LogP contribution is -2.56. The first-order chi connectivity index (χ1) is 15.9. The van der Waals surface area contributed by atoms with Crippen LogP contribution in [0.1, 0.15) is 13.8 Å². The number of hydrogen-bond acceptors (Lipinski definition) is 6. The highest BCUT2D eigenvalue weighted by Gasteiger charge is 2.36. The van der Waals surface area contributed by atoms with E-state index < -0.39 is 5.60 Å². The summed E-state index contributed by atoms with van der Waals surface area (Å²) < 4.78 is 11.2. The average molecular weight is 467 g/mol. The maximum Gasteiger partial charge on any atom is 0.266 e. The van der Waals surface area contributed by atoms with E-state index in [0.717, 1.165) is 22.8 Å². The van der Waals surface area contributed by atoms with Gasteiger partial charge in [-0.2, -0.15) is 0 Å². The quantitative estimate of drug-likeness (QED) is 0.539. The minimum atomic E-state index is -0.976. The molecule has 3 aromatic rings. The van der Waals surface area contributed by atoms with Crippen LogP contribution in [0.15, 0.2) is 60.7 Å². The minimum absolute atomic E-state index is 0.0435. The minimum Gasteiger partial charge on any atom is -0.497 e. The Labute approximate surface area is 198 Å². The number of aromatic nitrogens is 2. The van der Waals surface area contributed by atoms with Crippen molar-refractivity contribution in [1.29, 1.82) is 0 Å². The summed E-state index contributed by atoms with van der Waals surface area (Å²) in [6.07, 6.45) is 0. The van der Waals surface area contributed by atoms with E-state index in [1.54, 1.807) is 45.2 Å². The summed E-state index contributed by atoms with van der Waals surface area (Å²) in [5, 5.41) is 9.42. The normalized spacial score (nSPS) is 14.2. The lowest BCUT2D eigenvalue weighted by molar-refractivity contribution is -0.145. The number of halogens is 1. The molecule has 0 aliphatic carbocycles. The Morgan fingerprint density at radius 2 is 1.52 bits per heavy atom. The van der Waals surface area contributed by atoms with Crippen LogP contribution in [-0.4, -0.2) is 59.9 Å². The van der Waals surface area contributed by atoms with Gasteiger partial charge in [0.1, 0.15) is 11.5 Å². The Morgan fingerprint density at radius 1 is 0.879 bits per heavy atom. The molecule has 0 saturated carbocycles. The van der Waals surface area contributed by atoms with Crippen molar-refractivity contribution in [2.24, 2.45) is 0 Å². The second-order valence-corrected chi connectivity index (χ2v) is 8.79. The summed E-state index contributed by atoms with van der Waals surface area (Å²) in [5.41, 5.74) is 0.806. The molecule has 0 unspecified atom stereocenters. The van der Waals surface area contributed by atoms with Gasteiger partial charge in [-0.1, -0.05) is 11.6 Å². The second-order valence-electron chi connectivity index (χ2n) is 8.35. The van der Waals surface area contributed by atoms with Crippen LogP contribution in [-0.2, 0) is 4.79 Å². The number of anilines is 1. The van der Waals surface area contributed by atoms with Crippen molar-refractivity contribution < 1.29 is 14.3 Å². The molecule has 7 nitrogen and oxygen atoms in total. The molecule has 0 spiro atoms. The number of benzene rings is 2. The van der Waals surface area contributed by atoms with Gasteiger partial charge in [0.05, 0.1) is 12.8 Å². The van der Waals surface area contributed by atoms with Gasteiger partial charge < -0.3 is 19.3 Å². The molecule has 8 heteroatoms. The molecule has 1 aliphatic heterocycles. The second kappa shape index (κ2) is 9.67. The van der Waals surface area contributed by atoms with Crippen molar-refractivity contribution in [1.82, 2.24) is 15.1 Å². The van der Waals surface area contributed by atoms with Crippen LogP contribution in [0, 0.1) is 0 Å². The molecule has 2 heterocycles. The van der Waals surface area contributed by atoms with Crippen LogP contribution in [0.4, 0.5) is 5.82 Å². The van der Waals surface area contributed by atoms with Crippen LogP contribution in [0.3, 0.4) is 0 Å². The van der Waals surface area contributed by atoms with Crippen LogP contribution < -0.4 is 14.4 Å². The summed E-state index contributed by atoms with van der Waals surface area (Å²) in [6.45, 7) is 6.13. The monoisotopic (exact) mass is 466 g/mol. The van der Waals surface area contributed by atoms with Crippen molar-refractivity contribution in [2.75, 3.05) is 38.2 Å². The van der Waals surface area contributed by atoms with E-state index in [0.29, 0.717) is 37.0 Å². The van der Waals surface area contributed by atoms with Gasteiger partial charge >= 0.3 is 0 Å². The number of methoxy groups -OCH3 is 1. The Morgan fingerprint density at radius 3 is 2.09 bits per heavy atom. The Hall–Kier alpha value is -3.32. The zero-order valence-corrected chi connectivity index (χ0v) is 19.7. The van der Waals surface area contributed by atoms with Gasteiger partial charge in [0.2, 0.25) is 0 Å². The molecule has 2 aromatic carbocycles. The van der Waals surface area contributed by atoms with Gasteiger partial charge in [-0.15, -0.1) is 10.2 Å². The van der Waals surface area contributed by atoms with E-state index in [-0.39, 0.29) is 5.91 Å². The maximum atomic E-state index is 13.1. The van der Waals surface area contributed by atoms with Crippen molar-refractivity contribution in [3.63, 3.8) is 0 Å². The summed E-state index contributed by atoms with van der Waals surface area (Å²) in [4.78, 5) is 17.1. The third kappa shape index (κ3) is 5.37. The first kappa shape index (κ1) is 22.9. The Kier molecular flexibility index (Phi) is 6.70. The van der Waals surface area contributed by atoms with Gasteiger partial charge in [0, 0.05) is 36.8 Å². The fourth-order valence-electron chi connectivity index (χ4n) is 3.77. The molecule has 1 aromatic heterocycles. The molecule has 1 saturated heterocycles. The van der Waals surface area contributed by atoms with E-state index in [4.69, 9.17) is 21.1 Å². The predicted molar refractivity (Wildman–Crippen MR) is 129 cm³/mol. The summed E-state index contributed by atoms with van der Waals surface area (Å²) in [5.74, 6) is 2.18. The third-order valence-electron chi connectivity index (χ3n) is 5.63. The van der Waals surface area contributed by atoms with Crippen molar-refractivity contribution in [2.45, 2.75) is 19.4 Å². The Bertz CT molecular complexity index is 1080. The number of piperazine rings is 1. The molecule has 0 radical (unpaired) electrons. The summed E-state index contributed by atoms with van der Waals surface area (Å²) in [7, 11) is 1.64. The van der Waals surface area contributed by atoms with Crippen LogP contribution in [0.2, 0.25) is 5.02 Å². The maximum absolute atomic E-state index is 13.1. The lowest BCUT2D eigenvalue weighted by atomic mass is 10.1. The van der Waals surface area contributed by atoms with Gasteiger partial charge in [-0.3, -0.25) is 4.79 Å². The molecule has 0 atom stereocenters. The summed E-state index contributed by atoms with van der Waals surface area (Å²) in [6, 6.07) is 18.7. The first-order valence-electron chi connectivity index (χ1n) is 10.8. The van der Waals surface area contributed by atoms with Crippen molar-refractivity contribution >= 4 is 23.3 Å². The number of carbonyl (C=O) groups excluding carboxylic acids is 1. The molecule has 1 amide bonds. The standard InChI is InChI=1S/C25H27ClN4O3/c1-25(2,33-21-10-6-19(26)7-11-21)24(31)30-16-14-29(15-17-30)23-13-12-22(27-28-23)18-4-8-20(32-3)9-5-18/h4-13H,14-17H2,1-3H3. The fraction of sp³-hybridized carbons (Fsp3) is 0.320. The molecule has 1 fully saturated rings. The zero-order valence-electron chi connectivity index (χ0n) is 19.0. The Balaban J connectivity index is 1.34. The molecular weight excluding hydrogens is 440 g/mol. The van der Waals surface area contributed by atoms with Gasteiger partial charge in [-0.25, -0.2) is 0 Å². The topological polar surface area (TPSA) is 67.8 Å². The average Bonchev–Trinajstić information content (AvgIpc) is 2.85. The van der Waals surface area contributed by atoms with E-state index in [9.17, 15) is 4.79 Å². The fourth-order valence-corrected chi connectivity index (χ4v) is 3.90. The highest BCUT2D eigenvalue weighted by Crippen LogP contribution is 2.24. The molecule has 172 valence electrons. The van der Waals surface area contributed by atoms with Crippen molar-refractivity contribution in [3.05, 3.63) is 65.7 Å².